The molecule has 1 unspecified atom stereocenters. The summed E-state index contributed by atoms with van der Waals surface area (Å²) in [4.78, 5) is 4.56. The molecule has 0 bridgehead atoms. The molecule has 0 saturated carbocycles. The Morgan fingerprint density at radius 1 is 1.17 bits per heavy atom. The fourth-order valence-corrected chi connectivity index (χ4v) is 2.91. The van der Waals surface area contributed by atoms with Crippen LogP contribution in [0.25, 0.3) is 11.0 Å². The van der Waals surface area contributed by atoms with Gasteiger partial charge in [-0.15, -0.1) is 0 Å². The Kier molecular flexibility index (Phi) is 4.46. The van der Waals surface area contributed by atoms with Crippen molar-refractivity contribution in [2.24, 2.45) is 12.8 Å². The predicted octanol–water partition coefficient (Wildman–Crippen LogP) is 2.88. The summed E-state index contributed by atoms with van der Waals surface area (Å²) in [5.74, 6) is 0.631. The maximum absolute atomic E-state index is 10.6. The molecule has 0 amide bonds. The molecule has 2 aromatic carbocycles. The van der Waals surface area contributed by atoms with Crippen molar-refractivity contribution in [3.8, 4) is 0 Å². The molecule has 3 N–H and O–H groups in total. The van der Waals surface area contributed by atoms with Crippen molar-refractivity contribution in [2.75, 3.05) is 0 Å². The summed E-state index contributed by atoms with van der Waals surface area (Å²) < 4.78 is 1.94. The van der Waals surface area contributed by atoms with E-state index in [-0.39, 0.29) is 6.04 Å². The van der Waals surface area contributed by atoms with Crippen LogP contribution >= 0.6 is 0 Å². The molecule has 0 aliphatic rings. The molecule has 1 aromatic heterocycles. The van der Waals surface area contributed by atoms with Crippen molar-refractivity contribution in [3.63, 3.8) is 0 Å². The third kappa shape index (κ3) is 3.28. The second-order valence-corrected chi connectivity index (χ2v) is 6.15. The fourth-order valence-electron chi connectivity index (χ4n) is 2.91. The molecule has 0 saturated heterocycles. The van der Waals surface area contributed by atoms with Crippen LogP contribution in [0.4, 0.5) is 0 Å². The number of nitrogens with zero attached hydrogens (tertiary/aromatic N) is 2. The summed E-state index contributed by atoms with van der Waals surface area (Å²) in [5, 5.41) is 10.6. The van der Waals surface area contributed by atoms with E-state index in [1.165, 1.54) is 11.1 Å². The molecule has 3 rings (SSSR count). The second-order valence-electron chi connectivity index (χ2n) is 6.15. The first-order chi connectivity index (χ1) is 11.1. The number of aliphatic hydroxyl groups is 1. The third-order valence-corrected chi connectivity index (χ3v) is 4.35. The number of hydrogen-bond donors (Lipinski definition) is 2. The number of hydrogen-bond acceptors (Lipinski definition) is 3. The van der Waals surface area contributed by atoms with Gasteiger partial charge in [0.05, 0.1) is 11.0 Å². The Bertz CT molecular complexity index is 795. The van der Waals surface area contributed by atoms with E-state index in [9.17, 15) is 5.11 Å². The van der Waals surface area contributed by atoms with Gasteiger partial charge < -0.3 is 15.4 Å². The molecule has 23 heavy (non-hydrogen) atoms. The highest BCUT2D eigenvalue weighted by Gasteiger charge is 2.22. The SMILES string of the molecule is Cc1ccc2nc(C(O)[C@H](N)CCc3ccccc3)n(C)c2c1. The number of nitrogens with two attached hydrogens (primary N) is 1. The minimum atomic E-state index is -0.767. The molecular weight excluding hydrogens is 286 g/mol. The number of aliphatic hydroxyl groups excluding tert-OH is 1. The van der Waals surface area contributed by atoms with Crippen LogP contribution in [0.5, 0.6) is 0 Å². The quantitative estimate of drug-likeness (QED) is 0.761. The smallest absolute Gasteiger partial charge is 0.140 e. The molecule has 3 aromatic rings. The van der Waals surface area contributed by atoms with Gasteiger partial charge in [-0.1, -0.05) is 36.4 Å². The summed E-state index contributed by atoms with van der Waals surface area (Å²) in [6, 6.07) is 15.9. The summed E-state index contributed by atoms with van der Waals surface area (Å²) in [6.07, 6.45) is 0.798. The standard InChI is InChI=1S/C19H23N3O/c1-13-8-11-16-17(12-13)22(2)19(21-16)18(23)15(20)10-9-14-6-4-3-5-7-14/h3-8,11-12,15,18,23H,9-10,20H2,1-2H3/t15-,18?/m1/s1. The van der Waals surface area contributed by atoms with Crippen molar-refractivity contribution in [1.29, 1.82) is 0 Å². The van der Waals surface area contributed by atoms with E-state index < -0.39 is 6.10 Å². The van der Waals surface area contributed by atoms with Gasteiger partial charge in [0.15, 0.2) is 0 Å². The topological polar surface area (TPSA) is 64.1 Å². The Balaban J connectivity index is 1.76. The van der Waals surface area contributed by atoms with Crippen molar-refractivity contribution >= 4 is 11.0 Å². The van der Waals surface area contributed by atoms with Gasteiger partial charge in [-0.2, -0.15) is 0 Å². The monoisotopic (exact) mass is 309 g/mol. The predicted molar refractivity (Wildman–Crippen MR) is 93.1 cm³/mol. The highest BCUT2D eigenvalue weighted by Crippen LogP contribution is 2.23. The van der Waals surface area contributed by atoms with E-state index >= 15 is 0 Å². The first-order valence-electron chi connectivity index (χ1n) is 7.97. The molecule has 0 radical (unpaired) electrons. The molecule has 2 atom stereocenters. The molecule has 0 aliphatic heterocycles. The van der Waals surface area contributed by atoms with Crippen LogP contribution in [0.1, 0.15) is 29.5 Å². The van der Waals surface area contributed by atoms with Crippen molar-refractivity contribution < 1.29 is 5.11 Å². The zero-order valence-electron chi connectivity index (χ0n) is 13.6. The second kappa shape index (κ2) is 6.52. The van der Waals surface area contributed by atoms with E-state index in [0.29, 0.717) is 12.2 Å². The lowest BCUT2D eigenvalue weighted by Crippen LogP contribution is -2.30. The number of imidazole rings is 1. The van der Waals surface area contributed by atoms with E-state index in [4.69, 9.17) is 5.73 Å². The normalized spacial score (nSPS) is 14.1. The number of fused-ring (bicyclic) bond motifs is 1. The minimum Gasteiger partial charge on any atom is -0.384 e. The maximum Gasteiger partial charge on any atom is 0.140 e. The van der Waals surface area contributed by atoms with Crippen LogP contribution in [-0.2, 0) is 13.5 Å². The Labute approximate surface area is 136 Å². The molecule has 0 aliphatic carbocycles. The summed E-state index contributed by atoms with van der Waals surface area (Å²) in [7, 11) is 1.93. The van der Waals surface area contributed by atoms with Gasteiger partial charge in [0.25, 0.3) is 0 Å². The molecule has 120 valence electrons. The Morgan fingerprint density at radius 2 is 1.91 bits per heavy atom. The van der Waals surface area contributed by atoms with Crippen molar-refractivity contribution in [3.05, 3.63) is 65.5 Å². The van der Waals surface area contributed by atoms with Gasteiger partial charge in [0.1, 0.15) is 11.9 Å². The Morgan fingerprint density at radius 3 is 2.65 bits per heavy atom. The lowest BCUT2D eigenvalue weighted by Gasteiger charge is -2.18. The van der Waals surface area contributed by atoms with E-state index in [1.54, 1.807) is 0 Å². The summed E-state index contributed by atoms with van der Waals surface area (Å²) in [6.45, 7) is 2.05. The Hall–Kier alpha value is -2.17. The van der Waals surface area contributed by atoms with Crippen LogP contribution in [0.15, 0.2) is 48.5 Å². The average molecular weight is 309 g/mol. The largest absolute Gasteiger partial charge is 0.384 e. The summed E-state index contributed by atoms with van der Waals surface area (Å²) in [5.41, 5.74) is 10.5. The molecule has 4 heteroatoms. The van der Waals surface area contributed by atoms with Gasteiger partial charge in [-0.05, 0) is 43.0 Å². The van der Waals surface area contributed by atoms with Gasteiger partial charge in [0, 0.05) is 13.1 Å². The molecule has 0 spiro atoms. The van der Waals surface area contributed by atoms with Gasteiger partial charge in [-0.25, -0.2) is 4.98 Å². The number of benzene rings is 2. The molecule has 4 nitrogen and oxygen atoms in total. The van der Waals surface area contributed by atoms with Crippen LogP contribution in [0.3, 0.4) is 0 Å². The number of aryl methyl sites for hydroxylation is 3. The first kappa shape index (κ1) is 15.7. The number of rotatable bonds is 5. The molecule has 1 heterocycles. The zero-order valence-corrected chi connectivity index (χ0v) is 13.6. The van der Waals surface area contributed by atoms with E-state index in [0.717, 1.165) is 17.5 Å². The lowest BCUT2D eigenvalue weighted by atomic mass is 10.0. The molecule has 0 fully saturated rings. The van der Waals surface area contributed by atoms with Crippen LogP contribution in [0.2, 0.25) is 0 Å². The number of aromatic nitrogens is 2. The van der Waals surface area contributed by atoms with Crippen molar-refractivity contribution in [1.82, 2.24) is 9.55 Å². The van der Waals surface area contributed by atoms with Gasteiger partial charge in [-0.3, -0.25) is 0 Å². The summed E-state index contributed by atoms with van der Waals surface area (Å²) >= 11 is 0. The highest BCUT2D eigenvalue weighted by molar-refractivity contribution is 5.76. The highest BCUT2D eigenvalue weighted by atomic mass is 16.3. The third-order valence-electron chi connectivity index (χ3n) is 4.35. The van der Waals surface area contributed by atoms with Crippen molar-refractivity contribution in [2.45, 2.75) is 31.9 Å². The lowest BCUT2D eigenvalue weighted by molar-refractivity contribution is 0.130. The minimum absolute atomic E-state index is 0.341. The zero-order chi connectivity index (χ0) is 16.4. The van der Waals surface area contributed by atoms with Gasteiger partial charge >= 0.3 is 0 Å². The van der Waals surface area contributed by atoms with Gasteiger partial charge in [0.2, 0.25) is 0 Å². The van der Waals surface area contributed by atoms with E-state index in [2.05, 4.69) is 23.2 Å². The first-order valence-corrected chi connectivity index (χ1v) is 7.97. The van der Waals surface area contributed by atoms with Crippen LogP contribution < -0.4 is 5.73 Å². The fraction of sp³-hybridized carbons (Fsp3) is 0.316. The average Bonchev–Trinajstić information content (AvgIpc) is 2.89. The molecular formula is C19H23N3O. The van der Waals surface area contributed by atoms with Crippen LogP contribution in [-0.4, -0.2) is 20.7 Å². The maximum atomic E-state index is 10.6. The van der Waals surface area contributed by atoms with Crippen LogP contribution in [0, 0.1) is 6.92 Å². The van der Waals surface area contributed by atoms with E-state index in [1.807, 2.05) is 48.9 Å².